The van der Waals surface area contributed by atoms with E-state index in [0.717, 1.165) is 0 Å². The molecular weight excluding hydrogens is 118 g/mol. The molecule has 0 saturated carbocycles. The first kappa shape index (κ1) is 5.81. The van der Waals surface area contributed by atoms with Crippen molar-refractivity contribution < 1.29 is 4.79 Å². The van der Waals surface area contributed by atoms with Crippen molar-refractivity contribution in [2.24, 2.45) is 10.8 Å². The van der Waals surface area contributed by atoms with Crippen LogP contribution in [0.15, 0.2) is 16.8 Å². The molecule has 0 atom stereocenters. The van der Waals surface area contributed by atoms with Crippen molar-refractivity contribution >= 4 is 12.1 Å². The minimum absolute atomic E-state index is 0.395. The van der Waals surface area contributed by atoms with E-state index < -0.39 is 5.91 Å². The second kappa shape index (κ2) is 2.30. The van der Waals surface area contributed by atoms with E-state index in [1.165, 1.54) is 6.21 Å². The van der Waals surface area contributed by atoms with E-state index in [1.54, 1.807) is 6.08 Å². The number of nitrogens with two attached hydrogens (primary N) is 1. The number of primary amides is 1. The van der Waals surface area contributed by atoms with Crippen LogP contribution < -0.4 is 11.2 Å². The first-order valence-corrected chi connectivity index (χ1v) is 2.55. The minimum atomic E-state index is -0.395. The summed E-state index contributed by atoms with van der Waals surface area (Å²) in [5.74, 6) is -0.395. The zero-order chi connectivity index (χ0) is 6.69. The average molecular weight is 125 g/mol. The molecule has 0 fully saturated rings. The monoisotopic (exact) mass is 125 g/mol. The molecule has 1 aliphatic rings. The number of hydrogen-bond donors (Lipinski definition) is 2. The molecular formula is C5H7N3O. The van der Waals surface area contributed by atoms with Crippen molar-refractivity contribution in [2.75, 3.05) is 6.54 Å². The number of rotatable bonds is 1. The third kappa shape index (κ3) is 1.28. The Morgan fingerprint density at radius 1 is 1.89 bits per heavy atom. The summed E-state index contributed by atoms with van der Waals surface area (Å²) in [4.78, 5) is 10.4. The summed E-state index contributed by atoms with van der Waals surface area (Å²) in [5.41, 5.74) is 8.13. The Hall–Kier alpha value is -1.32. The normalized spacial score (nSPS) is 16.2. The number of amides is 1. The lowest BCUT2D eigenvalue weighted by Gasteiger charge is -2.04. The van der Waals surface area contributed by atoms with Crippen LogP contribution >= 0.6 is 0 Å². The Bertz CT molecular complexity index is 183. The van der Waals surface area contributed by atoms with Crippen LogP contribution in [0.25, 0.3) is 0 Å². The highest BCUT2D eigenvalue weighted by atomic mass is 16.1. The maximum absolute atomic E-state index is 10.4. The number of allylic oxidation sites excluding steroid dienone is 1. The SMILES string of the molecule is NC(=O)C1=CC=NNC1. The van der Waals surface area contributed by atoms with Gasteiger partial charge in [0, 0.05) is 11.8 Å². The van der Waals surface area contributed by atoms with E-state index in [-0.39, 0.29) is 0 Å². The van der Waals surface area contributed by atoms with Crippen molar-refractivity contribution in [3.63, 3.8) is 0 Å². The Morgan fingerprint density at radius 2 is 2.67 bits per heavy atom. The lowest BCUT2D eigenvalue weighted by atomic mass is 10.2. The number of hydrogen-bond acceptors (Lipinski definition) is 3. The van der Waals surface area contributed by atoms with Crippen molar-refractivity contribution in [1.82, 2.24) is 5.43 Å². The Morgan fingerprint density at radius 3 is 3.00 bits per heavy atom. The lowest BCUT2D eigenvalue weighted by Crippen LogP contribution is -2.24. The van der Waals surface area contributed by atoms with E-state index in [4.69, 9.17) is 5.73 Å². The fourth-order valence-corrected chi connectivity index (χ4v) is 0.539. The van der Waals surface area contributed by atoms with Gasteiger partial charge in [0.15, 0.2) is 0 Å². The van der Waals surface area contributed by atoms with Crippen molar-refractivity contribution in [3.05, 3.63) is 11.6 Å². The molecule has 4 nitrogen and oxygen atoms in total. The van der Waals surface area contributed by atoms with Gasteiger partial charge in [-0.2, -0.15) is 5.10 Å². The van der Waals surface area contributed by atoms with Crippen LogP contribution in [0.3, 0.4) is 0 Å². The molecule has 1 heterocycles. The number of nitrogens with one attached hydrogen (secondary N) is 1. The molecule has 0 spiro atoms. The van der Waals surface area contributed by atoms with Gasteiger partial charge in [0.05, 0.1) is 6.54 Å². The number of nitrogens with zero attached hydrogens (tertiary/aromatic N) is 1. The third-order valence-corrected chi connectivity index (χ3v) is 1.03. The van der Waals surface area contributed by atoms with Crippen LogP contribution in [0.4, 0.5) is 0 Å². The van der Waals surface area contributed by atoms with Gasteiger partial charge in [-0.05, 0) is 6.08 Å². The number of carbonyl (C=O) groups excluding carboxylic acids is 1. The lowest BCUT2D eigenvalue weighted by molar-refractivity contribution is -0.114. The quantitative estimate of drug-likeness (QED) is 0.471. The predicted octanol–water partition coefficient (Wildman–Crippen LogP) is -1.01. The summed E-state index contributed by atoms with van der Waals surface area (Å²) in [6, 6.07) is 0. The fourth-order valence-electron chi connectivity index (χ4n) is 0.539. The largest absolute Gasteiger partial charge is 0.366 e. The van der Waals surface area contributed by atoms with E-state index in [1.807, 2.05) is 0 Å². The van der Waals surface area contributed by atoms with Crippen LogP contribution in [0, 0.1) is 0 Å². The maximum atomic E-state index is 10.4. The standard InChI is InChI=1S/C5H7N3O/c6-5(9)4-1-2-7-8-3-4/h1-2,8H,3H2,(H2,6,9). The minimum Gasteiger partial charge on any atom is -0.366 e. The topological polar surface area (TPSA) is 67.5 Å². The van der Waals surface area contributed by atoms with E-state index >= 15 is 0 Å². The van der Waals surface area contributed by atoms with Gasteiger partial charge >= 0.3 is 0 Å². The Balaban J connectivity index is 2.68. The summed E-state index contributed by atoms with van der Waals surface area (Å²) in [5, 5.41) is 3.65. The zero-order valence-corrected chi connectivity index (χ0v) is 4.79. The van der Waals surface area contributed by atoms with E-state index in [2.05, 4.69) is 10.5 Å². The molecule has 48 valence electrons. The van der Waals surface area contributed by atoms with Gasteiger partial charge in [0.25, 0.3) is 0 Å². The molecule has 0 saturated heterocycles. The molecule has 0 bridgehead atoms. The van der Waals surface area contributed by atoms with Crippen molar-refractivity contribution in [1.29, 1.82) is 0 Å². The van der Waals surface area contributed by atoms with Crippen LogP contribution in [-0.4, -0.2) is 18.7 Å². The molecule has 4 heteroatoms. The average Bonchev–Trinajstić information content (AvgIpc) is 1.90. The highest BCUT2D eigenvalue weighted by Crippen LogP contribution is 1.91. The molecule has 0 aromatic carbocycles. The van der Waals surface area contributed by atoms with Crippen LogP contribution in [0.1, 0.15) is 0 Å². The van der Waals surface area contributed by atoms with Gasteiger partial charge in [0.2, 0.25) is 5.91 Å². The second-order valence-corrected chi connectivity index (χ2v) is 1.67. The Kier molecular flexibility index (Phi) is 1.48. The van der Waals surface area contributed by atoms with Gasteiger partial charge in [-0.1, -0.05) is 0 Å². The molecule has 0 aliphatic carbocycles. The summed E-state index contributed by atoms with van der Waals surface area (Å²) in [7, 11) is 0. The molecule has 0 unspecified atom stereocenters. The molecule has 0 aromatic heterocycles. The molecule has 3 N–H and O–H groups in total. The first-order valence-electron chi connectivity index (χ1n) is 2.55. The van der Waals surface area contributed by atoms with Crippen LogP contribution in [-0.2, 0) is 4.79 Å². The van der Waals surface area contributed by atoms with Gasteiger partial charge in [-0.25, -0.2) is 0 Å². The molecule has 1 rings (SSSR count). The molecule has 1 aliphatic heterocycles. The molecule has 0 radical (unpaired) electrons. The summed E-state index contributed by atoms with van der Waals surface area (Å²) < 4.78 is 0. The van der Waals surface area contributed by atoms with Crippen molar-refractivity contribution in [2.45, 2.75) is 0 Å². The fraction of sp³-hybridized carbons (Fsp3) is 0.200. The third-order valence-electron chi connectivity index (χ3n) is 1.03. The second-order valence-electron chi connectivity index (χ2n) is 1.67. The van der Waals surface area contributed by atoms with Gasteiger partial charge < -0.3 is 11.2 Å². The van der Waals surface area contributed by atoms with E-state index in [0.29, 0.717) is 12.1 Å². The van der Waals surface area contributed by atoms with Gasteiger partial charge in [-0.3, -0.25) is 4.79 Å². The highest BCUT2D eigenvalue weighted by molar-refractivity contribution is 5.97. The van der Waals surface area contributed by atoms with Gasteiger partial charge in [0.1, 0.15) is 0 Å². The molecule has 1 amide bonds. The maximum Gasteiger partial charge on any atom is 0.246 e. The summed E-state index contributed by atoms with van der Waals surface area (Å²) in [6.45, 7) is 0.436. The van der Waals surface area contributed by atoms with Crippen molar-refractivity contribution in [3.8, 4) is 0 Å². The summed E-state index contributed by atoms with van der Waals surface area (Å²) >= 11 is 0. The smallest absolute Gasteiger partial charge is 0.246 e. The highest BCUT2D eigenvalue weighted by Gasteiger charge is 2.03. The Labute approximate surface area is 52.4 Å². The number of hydrazone groups is 1. The van der Waals surface area contributed by atoms with E-state index in [9.17, 15) is 4.79 Å². The zero-order valence-electron chi connectivity index (χ0n) is 4.79. The first-order chi connectivity index (χ1) is 4.30. The van der Waals surface area contributed by atoms with Gasteiger partial charge in [-0.15, -0.1) is 0 Å². The summed E-state index contributed by atoms with van der Waals surface area (Å²) in [6.07, 6.45) is 3.10. The number of carbonyl (C=O) groups is 1. The molecule has 0 aromatic rings. The van der Waals surface area contributed by atoms with Crippen LogP contribution in [0.2, 0.25) is 0 Å². The molecule has 9 heavy (non-hydrogen) atoms. The predicted molar refractivity (Wildman–Crippen MR) is 33.8 cm³/mol. The van der Waals surface area contributed by atoms with Crippen LogP contribution in [0.5, 0.6) is 0 Å².